The lowest BCUT2D eigenvalue weighted by molar-refractivity contribution is -0.101. The Balaban J connectivity index is 1.15. The van der Waals surface area contributed by atoms with E-state index in [1.807, 2.05) is 53.1 Å². The van der Waals surface area contributed by atoms with Gasteiger partial charge in [0.1, 0.15) is 18.5 Å². The maximum atomic E-state index is 13.3. The Kier molecular flexibility index (Phi) is 10.7. The molecule has 1 atom stereocenters. The normalized spacial score (nSPS) is 16.9. The van der Waals surface area contributed by atoms with Gasteiger partial charge in [-0.2, -0.15) is 0 Å². The summed E-state index contributed by atoms with van der Waals surface area (Å²) in [6, 6.07) is 15.3. The van der Waals surface area contributed by atoms with E-state index in [9.17, 15) is 9.59 Å². The third-order valence-corrected chi connectivity index (χ3v) is 9.07. The van der Waals surface area contributed by atoms with Crippen molar-refractivity contribution in [3.63, 3.8) is 0 Å². The monoisotopic (exact) mass is 703 g/mol. The zero-order chi connectivity index (χ0) is 32.8. The number of Topliss-reactive ketones (excluding diaryl/α,β-unsaturated/α-hetero) is 1. The van der Waals surface area contributed by atoms with Gasteiger partial charge in [0.25, 0.3) is 0 Å². The van der Waals surface area contributed by atoms with E-state index in [0.717, 1.165) is 60.4 Å². The van der Waals surface area contributed by atoms with Crippen molar-refractivity contribution in [1.29, 1.82) is 0 Å². The Morgan fingerprint density at radius 1 is 0.979 bits per heavy atom. The molecule has 0 saturated carbocycles. The maximum absolute atomic E-state index is 13.3. The second kappa shape index (κ2) is 15.2. The molecule has 47 heavy (non-hydrogen) atoms. The van der Waals surface area contributed by atoms with Gasteiger partial charge in [-0.25, -0.2) is 4.98 Å². The number of carbonyl (C=O) groups excluding carboxylic acids is 1. The summed E-state index contributed by atoms with van der Waals surface area (Å²) in [6.07, 6.45) is 7.08. The van der Waals surface area contributed by atoms with E-state index in [1.54, 1.807) is 25.7 Å². The van der Waals surface area contributed by atoms with Crippen molar-refractivity contribution in [1.82, 2.24) is 9.55 Å². The summed E-state index contributed by atoms with van der Waals surface area (Å²) >= 11 is 3.36. The van der Waals surface area contributed by atoms with Gasteiger partial charge in [0.15, 0.2) is 17.3 Å². The van der Waals surface area contributed by atoms with Crippen LogP contribution in [0, 0.1) is 5.92 Å². The standard InChI is InChI=1S/C36H38BrN3O7/c1-43-34-16-26(6-7-33(34)47-22-28-21-45-12-13-46-28)27-15-29(36(38)39-17-27)25-4-2-23(3-5-25)14-32(41)30-19-40(20-31(37)35(30)42)18-24-8-10-44-11-9-24/h2-7,15-17,19-20,24,28H,8-14,18,21-22H2,1H3,(H2,38,39)/t28-/m1/s1. The van der Waals surface area contributed by atoms with Gasteiger partial charge in [-0.05, 0) is 69.6 Å². The number of methoxy groups -OCH3 is 1. The fourth-order valence-electron chi connectivity index (χ4n) is 5.85. The lowest BCUT2D eigenvalue weighted by Crippen LogP contribution is -2.33. The molecule has 4 heterocycles. The van der Waals surface area contributed by atoms with E-state index in [4.69, 9.17) is 29.4 Å². The minimum Gasteiger partial charge on any atom is -0.493 e. The van der Waals surface area contributed by atoms with Crippen LogP contribution in [0.25, 0.3) is 22.3 Å². The van der Waals surface area contributed by atoms with E-state index in [1.165, 1.54) is 0 Å². The lowest BCUT2D eigenvalue weighted by Gasteiger charge is -2.23. The SMILES string of the molecule is COc1cc(-c2cnc(N)c(-c3ccc(CC(=O)c4cn(CC5CCOCC5)cc(Br)c4=O)cc3)c2)ccc1OC[C@H]1COCCO1. The molecule has 10 nitrogen and oxygen atoms in total. The predicted molar refractivity (Wildman–Crippen MR) is 182 cm³/mol. The molecule has 2 aliphatic rings. The van der Waals surface area contributed by atoms with Gasteiger partial charge in [0, 0.05) is 55.9 Å². The van der Waals surface area contributed by atoms with Crippen LogP contribution >= 0.6 is 15.9 Å². The Hall–Kier alpha value is -4.03. The molecule has 2 aromatic carbocycles. The zero-order valence-corrected chi connectivity index (χ0v) is 27.9. The molecular formula is C36H38BrN3O7. The van der Waals surface area contributed by atoms with Crippen molar-refractivity contribution in [2.45, 2.75) is 31.9 Å². The van der Waals surface area contributed by atoms with Crippen LogP contribution in [-0.2, 0) is 27.2 Å². The summed E-state index contributed by atoms with van der Waals surface area (Å²) in [5, 5.41) is 0. The zero-order valence-electron chi connectivity index (χ0n) is 26.3. The first-order chi connectivity index (χ1) is 22.9. The van der Waals surface area contributed by atoms with Gasteiger partial charge in [0.05, 0.1) is 37.0 Å². The van der Waals surface area contributed by atoms with E-state index < -0.39 is 0 Å². The number of benzene rings is 2. The van der Waals surface area contributed by atoms with Gasteiger partial charge in [0.2, 0.25) is 5.43 Å². The van der Waals surface area contributed by atoms with Crippen LogP contribution in [0.4, 0.5) is 5.82 Å². The molecular weight excluding hydrogens is 666 g/mol. The Morgan fingerprint density at radius 3 is 2.51 bits per heavy atom. The molecule has 6 rings (SSSR count). The van der Waals surface area contributed by atoms with Gasteiger partial charge in [-0.3, -0.25) is 9.59 Å². The van der Waals surface area contributed by atoms with Crippen molar-refractivity contribution >= 4 is 27.5 Å². The molecule has 2 aromatic heterocycles. The first-order valence-electron chi connectivity index (χ1n) is 15.7. The first-order valence-corrected chi connectivity index (χ1v) is 16.5. The van der Waals surface area contributed by atoms with E-state index >= 15 is 0 Å². The fraction of sp³-hybridized carbons (Fsp3) is 0.361. The van der Waals surface area contributed by atoms with Crippen LogP contribution in [0.5, 0.6) is 11.5 Å². The second-order valence-corrected chi connectivity index (χ2v) is 12.7. The number of nitrogen functional groups attached to an aromatic ring is 1. The van der Waals surface area contributed by atoms with Crippen LogP contribution in [0.3, 0.4) is 0 Å². The molecule has 2 aliphatic heterocycles. The molecule has 0 amide bonds. The summed E-state index contributed by atoms with van der Waals surface area (Å²) in [5.41, 5.74) is 10.4. The molecule has 0 spiro atoms. The van der Waals surface area contributed by atoms with Crippen LogP contribution in [-0.4, -0.2) is 68.2 Å². The number of pyridine rings is 2. The van der Waals surface area contributed by atoms with Crippen molar-refractivity contribution < 1.29 is 28.5 Å². The average Bonchev–Trinajstić information content (AvgIpc) is 3.10. The Morgan fingerprint density at radius 2 is 1.77 bits per heavy atom. The van der Waals surface area contributed by atoms with E-state index in [0.29, 0.717) is 54.1 Å². The number of anilines is 1. The number of nitrogens with zero attached hydrogens (tertiary/aromatic N) is 2. The number of hydrogen-bond acceptors (Lipinski definition) is 9. The van der Waals surface area contributed by atoms with Gasteiger partial charge in [-0.15, -0.1) is 0 Å². The highest BCUT2D eigenvalue weighted by atomic mass is 79.9. The smallest absolute Gasteiger partial charge is 0.206 e. The average molecular weight is 705 g/mol. The molecule has 0 radical (unpaired) electrons. The van der Waals surface area contributed by atoms with Gasteiger partial charge >= 0.3 is 0 Å². The highest BCUT2D eigenvalue weighted by Crippen LogP contribution is 2.35. The minimum atomic E-state index is -0.297. The Bertz CT molecular complexity index is 1760. The summed E-state index contributed by atoms with van der Waals surface area (Å²) < 4.78 is 30.5. The molecule has 0 unspecified atom stereocenters. The van der Waals surface area contributed by atoms with Crippen molar-refractivity contribution in [3.8, 4) is 33.8 Å². The fourth-order valence-corrected chi connectivity index (χ4v) is 6.33. The quantitative estimate of drug-likeness (QED) is 0.200. The molecule has 11 heteroatoms. The number of rotatable bonds is 11. The number of aromatic nitrogens is 2. The van der Waals surface area contributed by atoms with E-state index in [2.05, 4.69) is 20.9 Å². The molecule has 2 fully saturated rings. The number of hydrogen-bond donors (Lipinski definition) is 1. The molecule has 2 saturated heterocycles. The van der Waals surface area contributed by atoms with Crippen molar-refractivity contribution in [3.05, 3.63) is 92.9 Å². The van der Waals surface area contributed by atoms with Crippen LogP contribution in [0.1, 0.15) is 28.8 Å². The first kappa shape index (κ1) is 32.9. The maximum Gasteiger partial charge on any atom is 0.206 e. The molecule has 0 bridgehead atoms. The van der Waals surface area contributed by atoms with Gasteiger partial charge in [-0.1, -0.05) is 30.3 Å². The number of halogens is 1. The van der Waals surface area contributed by atoms with Crippen LogP contribution < -0.4 is 20.6 Å². The molecule has 0 aliphatic carbocycles. The molecule has 246 valence electrons. The highest BCUT2D eigenvalue weighted by molar-refractivity contribution is 9.10. The summed E-state index contributed by atoms with van der Waals surface area (Å²) in [5.74, 6) is 1.81. The molecule has 4 aromatic rings. The third-order valence-electron chi connectivity index (χ3n) is 8.50. The lowest BCUT2D eigenvalue weighted by atomic mass is 9.98. The third kappa shape index (κ3) is 8.10. The number of nitrogens with two attached hydrogens (primary N) is 1. The van der Waals surface area contributed by atoms with Crippen molar-refractivity contribution in [2.24, 2.45) is 5.92 Å². The second-order valence-electron chi connectivity index (χ2n) is 11.8. The summed E-state index contributed by atoms with van der Waals surface area (Å²) in [6.45, 7) is 4.24. The number of ketones is 1. The number of ether oxygens (including phenoxy) is 5. The minimum absolute atomic E-state index is 0.102. The number of carbonyl (C=O) groups is 1. The highest BCUT2D eigenvalue weighted by Gasteiger charge is 2.19. The van der Waals surface area contributed by atoms with Crippen LogP contribution in [0.15, 0.2) is 76.4 Å². The van der Waals surface area contributed by atoms with E-state index in [-0.39, 0.29) is 29.3 Å². The summed E-state index contributed by atoms with van der Waals surface area (Å²) in [7, 11) is 1.60. The topological polar surface area (TPSA) is 124 Å². The van der Waals surface area contributed by atoms with Gasteiger partial charge < -0.3 is 34.0 Å². The Labute approximate surface area is 281 Å². The van der Waals surface area contributed by atoms with Crippen molar-refractivity contribution in [2.75, 3.05) is 52.5 Å². The predicted octanol–water partition coefficient (Wildman–Crippen LogP) is 5.58. The molecule has 2 N–H and O–H groups in total. The van der Waals surface area contributed by atoms with Crippen LogP contribution in [0.2, 0.25) is 0 Å². The summed E-state index contributed by atoms with van der Waals surface area (Å²) in [4.78, 5) is 30.7. The largest absolute Gasteiger partial charge is 0.493 e.